The first-order chi connectivity index (χ1) is 9.35. The van der Waals surface area contributed by atoms with Gasteiger partial charge >= 0.3 is 17.0 Å². The van der Waals surface area contributed by atoms with Gasteiger partial charge in [0.15, 0.2) is 0 Å². The van der Waals surface area contributed by atoms with Crippen LogP contribution >= 0.6 is 0 Å². The molecule has 0 aliphatic heterocycles. The number of imidazole rings is 1. The van der Waals surface area contributed by atoms with Gasteiger partial charge in [0.25, 0.3) is 0 Å². The second kappa shape index (κ2) is 7.43. The third kappa shape index (κ3) is 7.68. The Morgan fingerprint density at radius 1 is 1.33 bits per heavy atom. The predicted molar refractivity (Wildman–Crippen MR) is 61.4 cm³/mol. The molecule has 1 aromatic heterocycles. The zero-order valence-corrected chi connectivity index (χ0v) is 11.3. The molecule has 2 N–H and O–H groups in total. The van der Waals surface area contributed by atoms with Crippen molar-refractivity contribution in [2.45, 2.75) is 23.9 Å². The maximum Gasteiger partial charge on any atom is 0.460 e. The highest BCUT2D eigenvalue weighted by molar-refractivity contribution is 7.87. The zero-order chi connectivity index (χ0) is 16.8. The van der Waals surface area contributed by atoms with Crippen LogP contribution in [-0.4, -0.2) is 31.6 Å². The highest BCUT2D eigenvalue weighted by Crippen LogP contribution is 2.33. The Balaban J connectivity index is 0.000000384. The summed E-state index contributed by atoms with van der Waals surface area (Å²) in [7, 11) is -2.40. The predicted octanol–water partition coefficient (Wildman–Crippen LogP) is 2.84. The molecule has 0 bridgehead atoms. The van der Waals surface area contributed by atoms with E-state index in [2.05, 4.69) is 4.98 Å². The average molecular weight is 339 g/mol. The monoisotopic (exact) mass is 339 g/mol. The van der Waals surface area contributed by atoms with Crippen LogP contribution in [0, 0.1) is 4.78 Å². The van der Waals surface area contributed by atoms with Gasteiger partial charge in [0.05, 0.1) is 6.42 Å². The minimum Gasteiger partial charge on any atom is -0.481 e. The second-order valence-corrected chi connectivity index (χ2v) is 5.08. The van der Waals surface area contributed by atoms with Crippen molar-refractivity contribution in [2.24, 2.45) is 7.05 Å². The van der Waals surface area contributed by atoms with Crippen LogP contribution in [0.3, 0.4) is 0 Å². The summed E-state index contributed by atoms with van der Waals surface area (Å²) in [5.41, 5.74) is -11.0. The van der Waals surface area contributed by atoms with E-state index in [1.54, 1.807) is 12.4 Å². The molecule has 0 amide bonds. The molecule has 0 radical (unpaired) electrons. The van der Waals surface area contributed by atoms with Crippen LogP contribution in [0.2, 0.25) is 0 Å². The van der Waals surface area contributed by atoms with E-state index >= 15 is 0 Å². The van der Waals surface area contributed by atoms with E-state index in [1.807, 2.05) is 11.6 Å². The summed E-state index contributed by atoms with van der Waals surface area (Å²) >= 11 is 0. The molecule has 5 nitrogen and oxygen atoms in total. The molecule has 0 spiro atoms. The van der Waals surface area contributed by atoms with Crippen molar-refractivity contribution in [2.75, 3.05) is 0 Å². The van der Waals surface area contributed by atoms with Gasteiger partial charge in [0.1, 0.15) is 16.5 Å². The third-order valence-corrected chi connectivity index (χ3v) is 2.87. The lowest BCUT2D eigenvalue weighted by Gasteiger charge is -2.11. The number of aromatic nitrogens is 2. The molecule has 122 valence electrons. The number of carboxylic acid groups (broad SMARTS) is 1. The maximum absolute atomic E-state index is 11.0. The molecule has 12 heteroatoms. The summed E-state index contributed by atoms with van der Waals surface area (Å²) in [6.07, 6.45) is 4.11. The first kappa shape index (κ1) is 19.4. The molecular weight excluding hydrogens is 328 g/mol. The number of carbonyl (C=O) groups is 1. The van der Waals surface area contributed by atoms with E-state index in [0.29, 0.717) is 6.42 Å². The molecule has 0 aliphatic carbocycles. The number of carboxylic acids is 1. The first-order valence-electron chi connectivity index (χ1n) is 5.13. The van der Waals surface area contributed by atoms with Crippen LogP contribution in [0.1, 0.15) is 12.2 Å². The molecule has 1 rings (SSSR count). The number of aryl methyl sites for hydroxylation is 2. The number of aliphatic carboxylic acids is 1. The van der Waals surface area contributed by atoms with E-state index in [0.717, 1.165) is 5.82 Å². The summed E-state index contributed by atoms with van der Waals surface area (Å²) in [6, 6.07) is 0. The van der Waals surface area contributed by atoms with Crippen molar-refractivity contribution in [3.05, 3.63) is 18.2 Å². The van der Waals surface area contributed by atoms with Crippen LogP contribution in [0.5, 0.6) is 0 Å². The fourth-order valence-electron chi connectivity index (χ4n) is 0.987. The van der Waals surface area contributed by atoms with Crippen molar-refractivity contribution in [3.63, 3.8) is 0 Å². The van der Waals surface area contributed by atoms with Crippen molar-refractivity contribution < 1.29 is 36.2 Å². The van der Waals surface area contributed by atoms with Crippen LogP contribution < -0.4 is 0 Å². The summed E-state index contributed by atoms with van der Waals surface area (Å²) in [5.74, 6) is 0.0281. The van der Waals surface area contributed by atoms with E-state index in [1.165, 1.54) is 0 Å². The van der Waals surface area contributed by atoms with E-state index in [4.69, 9.17) is 9.89 Å². The zero-order valence-electron chi connectivity index (χ0n) is 10.5. The standard InChI is InChI=1S/C7H10N2O2.C2HF6NS/c1-9-5-4-8-6(9)2-3-7(10)11;3-1(4,5)10(9)2(6,7)8/h4-5H,2-3H2,1H3,(H,10,11);9H. The molecule has 0 saturated carbocycles. The van der Waals surface area contributed by atoms with E-state index < -0.39 is 27.7 Å². The Bertz CT molecular complexity index is 480. The van der Waals surface area contributed by atoms with Gasteiger partial charge in [-0.3, -0.25) is 9.57 Å². The van der Waals surface area contributed by atoms with Crippen molar-refractivity contribution in [1.29, 1.82) is 4.78 Å². The molecule has 1 heterocycles. The van der Waals surface area contributed by atoms with Gasteiger partial charge < -0.3 is 9.67 Å². The minimum absolute atomic E-state index is 0.144. The van der Waals surface area contributed by atoms with Crippen LogP contribution in [0.15, 0.2) is 12.4 Å². The molecule has 0 atom stereocenters. The van der Waals surface area contributed by atoms with Gasteiger partial charge in [-0.2, -0.15) is 26.3 Å². The molecule has 0 saturated heterocycles. The Morgan fingerprint density at radius 3 is 2.05 bits per heavy atom. The number of hydrogen-bond acceptors (Lipinski definition) is 3. The number of rotatable bonds is 3. The van der Waals surface area contributed by atoms with E-state index in [9.17, 15) is 31.1 Å². The fourth-order valence-corrected chi connectivity index (χ4v) is 1.25. The summed E-state index contributed by atoms with van der Waals surface area (Å²) in [5, 5.41) is 8.37. The smallest absolute Gasteiger partial charge is 0.460 e. The molecule has 0 fully saturated rings. The molecule has 21 heavy (non-hydrogen) atoms. The topological polar surface area (TPSA) is 79.0 Å². The first-order valence-corrected chi connectivity index (χ1v) is 6.35. The largest absolute Gasteiger partial charge is 0.481 e. The van der Waals surface area contributed by atoms with Gasteiger partial charge in [-0.25, -0.2) is 4.98 Å². The lowest BCUT2D eigenvalue weighted by Crippen LogP contribution is -2.28. The van der Waals surface area contributed by atoms with Crippen molar-refractivity contribution >= 4 is 16.7 Å². The molecule has 0 unspecified atom stereocenters. The average Bonchev–Trinajstić information content (AvgIpc) is 2.69. The molecule has 0 aliphatic rings. The summed E-state index contributed by atoms with van der Waals surface area (Å²) < 4.78 is 73.8. The van der Waals surface area contributed by atoms with Gasteiger partial charge in [0.2, 0.25) is 0 Å². The molecular formula is C9H11F6N3O2S. The second-order valence-electron chi connectivity index (χ2n) is 3.55. The number of hydrogen-bond donors (Lipinski definition) is 2. The number of alkyl halides is 6. The lowest BCUT2D eigenvalue weighted by atomic mass is 10.3. The molecule has 0 aromatic carbocycles. The number of nitrogens with one attached hydrogen (secondary N) is 1. The Labute approximate surface area is 117 Å². The van der Waals surface area contributed by atoms with Crippen molar-refractivity contribution in [3.8, 4) is 0 Å². The van der Waals surface area contributed by atoms with E-state index in [-0.39, 0.29) is 6.42 Å². The van der Waals surface area contributed by atoms with Crippen molar-refractivity contribution in [1.82, 2.24) is 9.55 Å². The Morgan fingerprint density at radius 2 is 1.81 bits per heavy atom. The normalized spacial score (nSPS) is 12.0. The summed E-state index contributed by atoms with van der Waals surface area (Å²) in [6.45, 7) is 0. The minimum atomic E-state index is -5.49. The van der Waals surface area contributed by atoms with Crippen LogP contribution in [-0.2, 0) is 29.0 Å². The van der Waals surface area contributed by atoms with Gasteiger partial charge in [0, 0.05) is 25.9 Å². The van der Waals surface area contributed by atoms with Gasteiger partial charge in [-0.05, 0) is 0 Å². The highest BCUT2D eigenvalue weighted by Gasteiger charge is 2.50. The SMILES string of the molecule is Cn1ccnc1CCC(=O)O.N=S(C(F)(F)F)C(F)(F)F. The highest BCUT2D eigenvalue weighted by atomic mass is 32.2. The number of halogens is 6. The lowest BCUT2D eigenvalue weighted by molar-refractivity contribution is -0.137. The Hall–Kier alpha value is -1.59. The van der Waals surface area contributed by atoms with Crippen LogP contribution in [0.4, 0.5) is 26.3 Å². The number of nitrogens with zero attached hydrogens (tertiary/aromatic N) is 2. The maximum atomic E-state index is 11.0. The quantitative estimate of drug-likeness (QED) is 0.831. The fraction of sp³-hybridized carbons (Fsp3) is 0.556. The Kier molecular flexibility index (Phi) is 6.86. The van der Waals surface area contributed by atoms with Crippen LogP contribution in [0.25, 0.3) is 0 Å². The van der Waals surface area contributed by atoms with Gasteiger partial charge in [-0.1, -0.05) is 0 Å². The summed E-state index contributed by atoms with van der Waals surface area (Å²) in [4.78, 5) is 14.2. The van der Waals surface area contributed by atoms with Gasteiger partial charge in [-0.15, -0.1) is 0 Å². The molecule has 1 aromatic rings. The third-order valence-electron chi connectivity index (χ3n) is 1.95.